The van der Waals surface area contributed by atoms with Crippen LogP contribution in [0.5, 0.6) is 0 Å². The van der Waals surface area contributed by atoms with E-state index in [4.69, 9.17) is 0 Å². The number of aromatic nitrogens is 1. The lowest BCUT2D eigenvalue weighted by Crippen LogP contribution is -2.16. The molecule has 0 unspecified atom stereocenters. The third-order valence-electron chi connectivity index (χ3n) is 3.60. The molecular weight excluding hydrogens is 258 g/mol. The molecule has 0 aliphatic carbocycles. The van der Waals surface area contributed by atoms with Gasteiger partial charge < -0.3 is 4.90 Å². The van der Waals surface area contributed by atoms with Gasteiger partial charge >= 0.3 is 0 Å². The summed E-state index contributed by atoms with van der Waals surface area (Å²) in [7, 11) is 2.06. The molecule has 0 saturated heterocycles. The number of nitriles is 1. The first-order valence-electron chi connectivity index (χ1n) is 6.81. The molecule has 0 atom stereocenters. The molecule has 0 aliphatic rings. The van der Waals surface area contributed by atoms with Crippen LogP contribution < -0.4 is 4.90 Å². The molecule has 2 aromatic carbocycles. The second-order valence-electron chi connectivity index (χ2n) is 5.00. The lowest BCUT2D eigenvalue weighted by Gasteiger charge is -2.21. The first-order valence-corrected chi connectivity index (χ1v) is 6.81. The van der Waals surface area contributed by atoms with Crippen LogP contribution in [-0.4, -0.2) is 12.0 Å². The number of pyridine rings is 1. The zero-order chi connectivity index (χ0) is 14.7. The molecule has 0 radical (unpaired) electrons. The summed E-state index contributed by atoms with van der Waals surface area (Å²) in [6, 6.07) is 18.2. The number of anilines is 1. The molecule has 1 heterocycles. The van der Waals surface area contributed by atoms with Gasteiger partial charge in [-0.15, -0.1) is 0 Å². The maximum absolute atomic E-state index is 9.23. The number of hydrogen-bond donors (Lipinski definition) is 0. The van der Waals surface area contributed by atoms with Crippen molar-refractivity contribution in [2.24, 2.45) is 0 Å². The second-order valence-corrected chi connectivity index (χ2v) is 5.00. The fourth-order valence-electron chi connectivity index (χ4n) is 2.56. The van der Waals surface area contributed by atoms with Crippen molar-refractivity contribution in [2.45, 2.75) is 6.54 Å². The Morgan fingerprint density at radius 3 is 2.43 bits per heavy atom. The molecule has 3 rings (SSSR count). The highest BCUT2D eigenvalue weighted by atomic mass is 15.1. The van der Waals surface area contributed by atoms with E-state index < -0.39 is 0 Å². The molecule has 0 N–H and O–H groups in total. The van der Waals surface area contributed by atoms with Gasteiger partial charge in [-0.2, -0.15) is 5.26 Å². The molecule has 3 heteroatoms. The van der Waals surface area contributed by atoms with Crippen LogP contribution in [0.2, 0.25) is 0 Å². The largest absolute Gasteiger partial charge is 0.370 e. The Morgan fingerprint density at radius 1 is 1.00 bits per heavy atom. The Bertz CT molecular complexity index is 804. The average molecular weight is 273 g/mol. The lowest BCUT2D eigenvalue weighted by molar-refractivity contribution is 0.924. The van der Waals surface area contributed by atoms with Crippen LogP contribution in [0.15, 0.2) is 60.9 Å². The summed E-state index contributed by atoms with van der Waals surface area (Å²) in [6.45, 7) is 0.804. The molecule has 3 nitrogen and oxygen atoms in total. The van der Waals surface area contributed by atoms with Crippen LogP contribution in [0.4, 0.5) is 5.69 Å². The van der Waals surface area contributed by atoms with E-state index in [1.807, 2.05) is 42.5 Å². The Labute approximate surface area is 124 Å². The van der Waals surface area contributed by atoms with Gasteiger partial charge in [-0.25, -0.2) is 0 Å². The van der Waals surface area contributed by atoms with Gasteiger partial charge in [0.05, 0.1) is 11.6 Å². The highest BCUT2D eigenvalue weighted by Crippen LogP contribution is 2.29. The van der Waals surface area contributed by atoms with Crippen LogP contribution in [0, 0.1) is 11.3 Å². The molecule has 0 aliphatic heterocycles. The maximum Gasteiger partial charge on any atom is 0.0998 e. The number of rotatable bonds is 3. The molecule has 0 spiro atoms. The fourth-order valence-corrected chi connectivity index (χ4v) is 2.56. The van der Waals surface area contributed by atoms with Crippen LogP contribution in [0.3, 0.4) is 0 Å². The molecule has 21 heavy (non-hydrogen) atoms. The van der Waals surface area contributed by atoms with E-state index in [9.17, 15) is 5.26 Å². The van der Waals surface area contributed by atoms with E-state index in [-0.39, 0.29) is 0 Å². The van der Waals surface area contributed by atoms with Crippen LogP contribution >= 0.6 is 0 Å². The summed E-state index contributed by atoms with van der Waals surface area (Å²) in [5.74, 6) is 0. The smallest absolute Gasteiger partial charge is 0.0998 e. The summed E-state index contributed by atoms with van der Waals surface area (Å²) in [6.07, 6.45) is 3.61. The summed E-state index contributed by atoms with van der Waals surface area (Å²) in [5.41, 5.74) is 3.05. The minimum atomic E-state index is 0.715. The molecule has 3 aromatic rings. The second kappa shape index (κ2) is 5.64. The SMILES string of the molecule is CN(Cc1ccncc1)c1ccc(C#N)c2ccccc12. The molecule has 1 aromatic heterocycles. The van der Waals surface area contributed by atoms with Gasteiger partial charge in [0, 0.05) is 42.4 Å². The Balaban J connectivity index is 2.03. The number of fused-ring (bicyclic) bond motifs is 1. The molecule has 0 saturated carbocycles. The van der Waals surface area contributed by atoms with Crippen LogP contribution in [-0.2, 0) is 6.54 Å². The summed E-state index contributed by atoms with van der Waals surface area (Å²) >= 11 is 0. The normalized spacial score (nSPS) is 10.3. The molecule has 102 valence electrons. The summed E-state index contributed by atoms with van der Waals surface area (Å²) in [4.78, 5) is 6.24. The van der Waals surface area contributed by atoms with Crippen molar-refractivity contribution < 1.29 is 0 Å². The predicted molar refractivity (Wildman–Crippen MR) is 85.0 cm³/mol. The van der Waals surface area contributed by atoms with Gasteiger partial charge in [0.25, 0.3) is 0 Å². The monoisotopic (exact) mass is 273 g/mol. The van der Waals surface area contributed by atoms with E-state index in [0.29, 0.717) is 5.56 Å². The third-order valence-corrected chi connectivity index (χ3v) is 3.60. The van der Waals surface area contributed by atoms with E-state index in [1.54, 1.807) is 12.4 Å². The highest BCUT2D eigenvalue weighted by Gasteiger charge is 2.09. The van der Waals surface area contributed by atoms with Gasteiger partial charge in [0.1, 0.15) is 0 Å². The van der Waals surface area contributed by atoms with Crippen molar-refractivity contribution >= 4 is 16.5 Å². The summed E-state index contributed by atoms with van der Waals surface area (Å²) < 4.78 is 0. The first kappa shape index (κ1) is 13.1. The molecular formula is C18H15N3. The zero-order valence-electron chi connectivity index (χ0n) is 11.8. The minimum Gasteiger partial charge on any atom is -0.370 e. The molecule has 0 fully saturated rings. The van der Waals surface area contributed by atoms with Crippen molar-refractivity contribution in [3.8, 4) is 6.07 Å². The fraction of sp³-hybridized carbons (Fsp3) is 0.111. The van der Waals surface area contributed by atoms with E-state index >= 15 is 0 Å². The predicted octanol–water partition coefficient (Wildman–Crippen LogP) is 3.74. The first-order chi connectivity index (χ1) is 10.3. The van der Waals surface area contributed by atoms with Crippen molar-refractivity contribution in [3.05, 3.63) is 72.1 Å². The third kappa shape index (κ3) is 2.56. The van der Waals surface area contributed by atoms with E-state index in [2.05, 4.69) is 29.1 Å². The summed E-state index contributed by atoms with van der Waals surface area (Å²) in [5, 5.41) is 11.3. The van der Waals surface area contributed by atoms with Gasteiger partial charge in [0.15, 0.2) is 0 Å². The van der Waals surface area contributed by atoms with Gasteiger partial charge in [0.2, 0.25) is 0 Å². The Morgan fingerprint density at radius 2 is 1.71 bits per heavy atom. The van der Waals surface area contributed by atoms with Crippen molar-refractivity contribution in [3.63, 3.8) is 0 Å². The quantitative estimate of drug-likeness (QED) is 0.729. The number of hydrogen-bond acceptors (Lipinski definition) is 3. The number of benzene rings is 2. The standard InChI is InChI=1S/C18H15N3/c1-21(13-14-8-10-20-11-9-14)18-7-6-15(12-19)16-4-2-3-5-17(16)18/h2-11H,13H2,1H3. The topological polar surface area (TPSA) is 39.9 Å². The van der Waals surface area contributed by atoms with Crippen molar-refractivity contribution in [2.75, 3.05) is 11.9 Å². The van der Waals surface area contributed by atoms with Crippen LogP contribution in [0.1, 0.15) is 11.1 Å². The molecule has 0 bridgehead atoms. The average Bonchev–Trinajstić information content (AvgIpc) is 2.54. The van der Waals surface area contributed by atoms with E-state index in [0.717, 1.165) is 23.0 Å². The Hall–Kier alpha value is -2.86. The highest BCUT2D eigenvalue weighted by molar-refractivity contribution is 5.97. The minimum absolute atomic E-state index is 0.715. The van der Waals surface area contributed by atoms with Gasteiger partial charge in [-0.1, -0.05) is 24.3 Å². The number of nitrogens with zero attached hydrogens (tertiary/aromatic N) is 3. The lowest BCUT2D eigenvalue weighted by atomic mass is 10.0. The zero-order valence-corrected chi connectivity index (χ0v) is 11.8. The van der Waals surface area contributed by atoms with Crippen molar-refractivity contribution in [1.29, 1.82) is 5.26 Å². The van der Waals surface area contributed by atoms with Crippen LogP contribution in [0.25, 0.3) is 10.8 Å². The Kier molecular flexibility index (Phi) is 3.53. The van der Waals surface area contributed by atoms with Gasteiger partial charge in [-0.3, -0.25) is 4.98 Å². The van der Waals surface area contributed by atoms with Gasteiger partial charge in [-0.05, 0) is 29.8 Å². The maximum atomic E-state index is 9.23. The molecule has 0 amide bonds. The van der Waals surface area contributed by atoms with E-state index in [1.165, 1.54) is 5.56 Å². The van der Waals surface area contributed by atoms with Crippen molar-refractivity contribution in [1.82, 2.24) is 4.98 Å².